The van der Waals surface area contributed by atoms with Crippen LogP contribution in [0, 0.1) is 0 Å². The van der Waals surface area contributed by atoms with Gasteiger partial charge in [-0.2, -0.15) is 13.2 Å². The zero-order valence-corrected chi connectivity index (χ0v) is 14.8. The van der Waals surface area contributed by atoms with Gasteiger partial charge in [-0.15, -0.1) is 0 Å². The molecule has 2 aliphatic rings. The molecule has 2 aliphatic heterocycles. The van der Waals surface area contributed by atoms with Gasteiger partial charge in [0.2, 0.25) is 6.41 Å². The first-order valence-corrected chi connectivity index (χ1v) is 9.55. The van der Waals surface area contributed by atoms with E-state index >= 15 is 0 Å². The molecular formula is C16H13F3N2O6S. The maximum absolute atomic E-state index is 13.4. The van der Waals surface area contributed by atoms with E-state index in [9.17, 15) is 36.0 Å². The van der Waals surface area contributed by atoms with Crippen molar-refractivity contribution in [3.63, 3.8) is 0 Å². The van der Waals surface area contributed by atoms with Gasteiger partial charge in [0.15, 0.2) is 15.2 Å². The summed E-state index contributed by atoms with van der Waals surface area (Å²) in [5.74, 6) is -4.12. The Kier molecular flexibility index (Phi) is 4.91. The Labute approximate surface area is 156 Å². The zero-order chi connectivity index (χ0) is 20.7. The Morgan fingerprint density at radius 2 is 1.93 bits per heavy atom. The zero-order valence-electron chi connectivity index (χ0n) is 14.0. The summed E-state index contributed by atoms with van der Waals surface area (Å²) in [5.41, 5.74) is -2.36. The first-order valence-electron chi connectivity index (χ1n) is 7.83. The fraction of sp³-hybridized carbons (Fsp3) is 0.312. The molecule has 2 heterocycles. The van der Waals surface area contributed by atoms with Crippen LogP contribution in [0.4, 0.5) is 13.2 Å². The number of nitrogens with zero attached hydrogens (tertiary/aromatic N) is 1. The van der Waals surface area contributed by atoms with Crippen LogP contribution in [0.2, 0.25) is 0 Å². The van der Waals surface area contributed by atoms with E-state index in [-0.39, 0.29) is 17.9 Å². The third kappa shape index (κ3) is 3.35. The molecule has 2 amide bonds. The smallest absolute Gasteiger partial charge is 0.415 e. The van der Waals surface area contributed by atoms with Crippen molar-refractivity contribution in [3.05, 3.63) is 47.2 Å². The number of carbonyl (C=O) groups excluding carboxylic acids is 3. The van der Waals surface area contributed by atoms with Crippen molar-refractivity contribution in [2.75, 3.05) is 5.75 Å². The number of rotatable bonds is 5. The quantitative estimate of drug-likeness (QED) is 0.417. The first-order chi connectivity index (χ1) is 13.1. The first kappa shape index (κ1) is 19.9. The van der Waals surface area contributed by atoms with Crippen LogP contribution < -0.4 is 5.32 Å². The van der Waals surface area contributed by atoms with Gasteiger partial charge >= 0.3 is 12.1 Å². The maximum atomic E-state index is 13.4. The Hall–Kier alpha value is -2.89. The van der Waals surface area contributed by atoms with Crippen LogP contribution in [0.1, 0.15) is 5.56 Å². The van der Waals surface area contributed by atoms with Gasteiger partial charge in [0.05, 0.1) is 11.3 Å². The lowest BCUT2D eigenvalue weighted by atomic mass is 10.0. The summed E-state index contributed by atoms with van der Waals surface area (Å²) < 4.78 is 69.6. The monoisotopic (exact) mass is 418 g/mol. The van der Waals surface area contributed by atoms with Gasteiger partial charge in [0, 0.05) is 0 Å². The van der Waals surface area contributed by atoms with Crippen molar-refractivity contribution >= 4 is 28.1 Å². The third-order valence-corrected chi connectivity index (χ3v) is 6.19. The van der Waals surface area contributed by atoms with E-state index in [1.54, 1.807) is 30.3 Å². The molecule has 0 aliphatic carbocycles. The van der Waals surface area contributed by atoms with E-state index in [2.05, 4.69) is 0 Å². The van der Waals surface area contributed by atoms with Gasteiger partial charge in [-0.25, -0.2) is 13.2 Å². The van der Waals surface area contributed by atoms with Crippen molar-refractivity contribution in [3.8, 4) is 0 Å². The fourth-order valence-electron chi connectivity index (χ4n) is 3.03. The highest BCUT2D eigenvalue weighted by Gasteiger charge is 2.63. The minimum atomic E-state index is -5.18. The molecule has 28 heavy (non-hydrogen) atoms. The van der Waals surface area contributed by atoms with Gasteiger partial charge in [-0.05, 0) is 5.56 Å². The number of ether oxygens (including phenoxy) is 1. The van der Waals surface area contributed by atoms with Crippen molar-refractivity contribution in [2.24, 2.45) is 0 Å². The highest BCUT2D eigenvalue weighted by molar-refractivity contribution is 7.92. The molecule has 1 aromatic carbocycles. The van der Waals surface area contributed by atoms with Gasteiger partial charge in [0.1, 0.15) is 18.3 Å². The molecule has 12 heteroatoms. The highest BCUT2D eigenvalue weighted by atomic mass is 32.2. The molecule has 1 saturated heterocycles. The molecule has 0 radical (unpaired) electrons. The molecule has 150 valence electrons. The Morgan fingerprint density at radius 3 is 2.50 bits per heavy atom. The van der Waals surface area contributed by atoms with Gasteiger partial charge in [0.25, 0.3) is 5.91 Å². The number of halogens is 3. The second-order valence-electron chi connectivity index (χ2n) is 6.05. The van der Waals surface area contributed by atoms with E-state index in [0.717, 1.165) is 0 Å². The molecule has 1 fully saturated rings. The molecule has 0 bridgehead atoms. The van der Waals surface area contributed by atoms with Gasteiger partial charge < -0.3 is 10.1 Å². The van der Waals surface area contributed by atoms with Crippen molar-refractivity contribution in [1.82, 2.24) is 10.2 Å². The number of hydrogen-bond donors (Lipinski definition) is 1. The largest absolute Gasteiger partial charge is 0.456 e. The van der Waals surface area contributed by atoms with E-state index < -0.39 is 56.3 Å². The average Bonchev–Trinajstić information content (AvgIpc) is 2.63. The molecule has 1 unspecified atom stereocenters. The molecule has 0 spiro atoms. The summed E-state index contributed by atoms with van der Waals surface area (Å²) >= 11 is 0. The van der Waals surface area contributed by atoms with E-state index in [1.807, 2.05) is 5.32 Å². The minimum absolute atomic E-state index is 0.0613. The lowest BCUT2D eigenvalue weighted by Crippen LogP contribution is -2.74. The summed E-state index contributed by atoms with van der Waals surface area (Å²) in [6.45, 7) is -0.371. The molecule has 0 saturated carbocycles. The molecule has 1 aromatic rings. The maximum Gasteiger partial charge on any atom is 0.415 e. The molecule has 1 N–H and O–H groups in total. The Balaban J connectivity index is 1.98. The molecule has 2 atom stereocenters. The number of fused-ring (bicyclic) bond motifs is 1. The van der Waals surface area contributed by atoms with E-state index in [1.165, 1.54) is 0 Å². The van der Waals surface area contributed by atoms with Crippen molar-refractivity contribution in [1.29, 1.82) is 0 Å². The SMILES string of the molecule is O=CN[C@@H]1C(=O)N2C(C(=O)OCc3ccccc3)=C(C(F)(F)F)CS(=O)(=O)C12. The number of nitrogens with one attached hydrogen (secondary N) is 1. The summed E-state index contributed by atoms with van der Waals surface area (Å²) in [7, 11) is -4.50. The van der Waals surface area contributed by atoms with Crippen LogP contribution >= 0.6 is 0 Å². The lowest BCUT2D eigenvalue weighted by molar-refractivity contribution is -0.155. The minimum Gasteiger partial charge on any atom is -0.456 e. The van der Waals surface area contributed by atoms with Crippen LogP contribution in [-0.2, 0) is 35.6 Å². The number of alkyl halides is 3. The summed E-state index contributed by atoms with van der Waals surface area (Å²) in [4.78, 5) is 35.4. The van der Waals surface area contributed by atoms with E-state index in [4.69, 9.17) is 4.74 Å². The molecule has 0 aromatic heterocycles. The van der Waals surface area contributed by atoms with Gasteiger partial charge in [-0.3, -0.25) is 14.5 Å². The van der Waals surface area contributed by atoms with Crippen LogP contribution in [0.3, 0.4) is 0 Å². The number of carbonyl (C=O) groups is 3. The highest BCUT2D eigenvalue weighted by Crippen LogP contribution is 2.42. The predicted molar refractivity (Wildman–Crippen MR) is 86.7 cm³/mol. The van der Waals surface area contributed by atoms with Crippen LogP contribution in [0.25, 0.3) is 0 Å². The Morgan fingerprint density at radius 1 is 1.29 bits per heavy atom. The predicted octanol–water partition coefficient (Wildman–Crippen LogP) is 0.257. The fourth-order valence-corrected chi connectivity index (χ4v) is 5.04. The van der Waals surface area contributed by atoms with Gasteiger partial charge in [-0.1, -0.05) is 30.3 Å². The van der Waals surface area contributed by atoms with Crippen molar-refractivity contribution < 1.29 is 40.7 Å². The number of amides is 2. The standard InChI is InChI=1S/C16H13F3N2O6S/c17-16(18,19)10-7-28(25,26)14-11(20-8-22)13(23)21(14)12(10)15(24)27-6-9-4-2-1-3-5-9/h1-5,8,11,14H,6-7H2,(H,20,22)/t11-,14?/m1/s1. The summed E-state index contributed by atoms with van der Waals surface area (Å²) in [6.07, 6.45) is -5.12. The number of hydrogen-bond acceptors (Lipinski definition) is 6. The lowest BCUT2D eigenvalue weighted by Gasteiger charge is -2.48. The normalized spacial score (nSPS) is 23.5. The third-order valence-electron chi connectivity index (χ3n) is 4.28. The summed E-state index contributed by atoms with van der Waals surface area (Å²) in [6, 6.07) is 6.52. The summed E-state index contributed by atoms with van der Waals surface area (Å²) in [5, 5.41) is 0.155. The second-order valence-corrected chi connectivity index (χ2v) is 8.15. The van der Waals surface area contributed by atoms with Crippen LogP contribution in [-0.4, -0.2) is 54.9 Å². The van der Waals surface area contributed by atoms with Crippen molar-refractivity contribution in [2.45, 2.75) is 24.2 Å². The van der Waals surface area contributed by atoms with Crippen LogP contribution in [0.5, 0.6) is 0 Å². The molecule has 8 nitrogen and oxygen atoms in total. The number of esters is 1. The van der Waals surface area contributed by atoms with E-state index in [0.29, 0.717) is 5.56 Å². The number of benzene rings is 1. The number of sulfone groups is 1. The second kappa shape index (κ2) is 6.93. The topological polar surface area (TPSA) is 110 Å². The number of β-lactam (4-membered cyclic amide) rings is 1. The molecular weight excluding hydrogens is 405 g/mol. The Bertz CT molecular complexity index is 958. The average molecular weight is 418 g/mol. The molecule has 3 rings (SSSR count). The van der Waals surface area contributed by atoms with Crippen LogP contribution in [0.15, 0.2) is 41.6 Å².